The zero-order valence-electron chi connectivity index (χ0n) is 14.8. The van der Waals surface area contributed by atoms with Crippen molar-refractivity contribution in [1.29, 1.82) is 0 Å². The van der Waals surface area contributed by atoms with Crippen LogP contribution in [0.5, 0.6) is 0 Å². The van der Waals surface area contributed by atoms with E-state index in [0.717, 1.165) is 28.1 Å². The lowest BCUT2D eigenvalue weighted by molar-refractivity contribution is -0.140. The van der Waals surface area contributed by atoms with Gasteiger partial charge >= 0.3 is 5.97 Å². The molecule has 0 saturated heterocycles. The number of fused-ring (bicyclic) bond motifs is 1. The van der Waals surface area contributed by atoms with Gasteiger partial charge in [-0.1, -0.05) is 18.2 Å². The molecule has 0 spiro atoms. The summed E-state index contributed by atoms with van der Waals surface area (Å²) in [6, 6.07) is 13.8. The molecule has 2 aromatic rings. The second-order valence-electron chi connectivity index (χ2n) is 6.37. The molecule has 0 unspecified atom stereocenters. The predicted octanol–water partition coefficient (Wildman–Crippen LogP) is 3.02. The van der Waals surface area contributed by atoms with E-state index in [4.69, 9.17) is 0 Å². The van der Waals surface area contributed by atoms with Crippen molar-refractivity contribution in [2.24, 2.45) is 0 Å². The molecule has 25 heavy (non-hydrogen) atoms. The summed E-state index contributed by atoms with van der Waals surface area (Å²) in [5.74, 6) is -0.188. The van der Waals surface area contributed by atoms with Crippen molar-refractivity contribution in [3.63, 3.8) is 0 Å². The average Bonchev–Trinajstić information content (AvgIpc) is 2.96. The quantitative estimate of drug-likeness (QED) is 0.787. The number of rotatable bonds is 5. The van der Waals surface area contributed by atoms with E-state index in [1.807, 2.05) is 61.5 Å². The number of ether oxygens (including phenoxy) is 1. The highest BCUT2D eigenvalue weighted by atomic mass is 16.5. The molecule has 0 fully saturated rings. The van der Waals surface area contributed by atoms with Gasteiger partial charge in [-0.05, 0) is 41.8 Å². The number of carbonyl (C=O) groups is 2. The Labute approximate surface area is 147 Å². The minimum Gasteiger partial charge on any atom is -0.469 e. The van der Waals surface area contributed by atoms with E-state index in [1.54, 1.807) is 4.90 Å². The summed E-state index contributed by atoms with van der Waals surface area (Å²) in [7, 11) is 5.32. The van der Waals surface area contributed by atoms with Crippen molar-refractivity contribution in [1.82, 2.24) is 0 Å². The summed E-state index contributed by atoms with van der Waals surface area (Å²) in [4.78, 5) is 27.8. The zero-order chi connectivity index (χ0) is 18.0. The Hall–Kier alpha value is -2.82. The van der Waals surface area contributed by atoms with Gasteiger partial charge in [0.15, 0.2) is 0 Å². The second kappa shape index (κ2) is 6.97. The van der Waals surface area contributed by atoms with Crippen molar-refractivity contribution < 1.29 is 14.3 Å². The van der Waals surface area contributed by atoms with Crippen LogP contribution in [0.4, 0.5) is 11.4 Å². The molecule has 1 heterocycles. The smallest absolute Gasteiger partial charge is 0.305 e. The molecule has 0 aliphatic carbocycles. The SMILES string of the molecule is COC(=O)CCc1ccc(N2Cc3ccc(N(C)C)cc3C2=O)cc1. The van der Waals surface area contributed by atoms with Gasteiger partial charge in [0, 0.05) is 37.5 Å². The largest absolute Gasteiger partial charge is 0.469 e. The Bertz CT molecular complexity index is 797. The molecule has 1 aliphatic rings. The number of amides is 1. The molecule has 0 bridgehead atoms. The Morgan fingerprint density at radius 3 is 2.52 bits per heavy atom. The highest BCUT2D eigenvalue weighted by Crippen LogP contribution is 2.30. The minimum atomic E-state index is -0.217. The second-order valence-corrected chi connectivity index (χ2v) is 6.37. The fourth-order valence-electron chi connectivity index (χ4n) is 2.97. The molecule has 0 radical (unpaired) electrons. The van der Waals surface area contributed by atoms with E-state index in [0.29, 0.717) is 19.4 Å². The molecule has 0 aromatic heterocycles. The van der Waals surface area contributed by atoms with Crippen LogP contribution < -0.4 is 9.80 Å². The van der Waals surface area contributed by atoms with E-state index < -0.39 is 0 Å². The lowest BCUT2D eigenvalue weighted by Gasteiger charge is -2.16. The van der Waals surface area contributed by atoms with Crippen LogP contribution in [0.25, 0.3) is 0 Å². The van der Waals surface area contributed by atoms with E-state index in [-0.39, 0.29) is 11.9 Å². The number of aryl methyl sites for hydroxylation is 1. The fourth-order valence-corrected chi connectivity index (χ4v) is 2.97. The van der Waals surface area contributed by atoms with E-state index in [9.17, 15) is 9.59 Å². The third kappa shape index (κ3) is 3.50. The van der Waals surface area contributed by atoms with Crippen LogP contribution >= 0.6 is 0 Å². The van der Waals surface area contributed by atoms with Gasteiger partial charge < -0.3 is 14.5 Å². The Balaban J connectivity index is 1.75. The van der Waals surface area contributed by atoms with Gasteiger partial charge in [0.2, 0.25) is 0 Å². The Kier molecular flexibility index (Phi) is 4.74. The standard InChI is InChI=1S/C20H22N2O3/c1-21(2)17-10-7-15-13-22(20(24)18(15)12-17)16-8-4-14(5-9-16)6-11-19(23)25-3/h4-5,7-10,12H,6,11,13H2,1-3H3. The monoisotopic (exact) mass is 338 g/mol. The van der Waals surface area contributed by atoms with Gasteiger partial charge in [-0.25, -0.2) is 0 Å². The molecule has 0 atom stereocenters. The van der Waals surface area contributed by atoms with Gasteiger partial charge in [0.05, 0.1) is 13.7 Å². The van der Waals surface area contributed by atoms with Crippen molar-refractivity contribution in [3.05, 3.63) is 59.2 Å². The lowest BCUT2D eigenvalue weighted by atomic mass is 10.1. The molecule has 1 amide bonds. The van der Waals surface area contributed by atoms with Crippen LogP contribution in [0.2, 0.25) is 0 Å². The van der Waals surface area contributed by atoms with Crippen molar-refractivity contribution in [2.75, 3.05) is 31.0 Å². The molecule has 5 heteroatoms. The number of hydrogen-bond donors (Lipinski definition) is 0. The Morgan fingerprint density at radius 2 is 1.88 bits per heavy atom. The van der Waals surface area contributed by atoms with Gasteiger partial charge in [-0.3, -0.25) is 9.59 Å². The van der Waals surface area contributed by atoms with Crippen LogP contribution in [0.1, 0.15) is 27.9 Å². The van der Waals surface area contributed by atoms with Crippen LogP contribution in [0.3, 0.4) is 0 Å². The summed E-state index contributed by atoms with van der Waals surface area (Å²) in [6.45, 7) is 0.587. The number of methoxy groups -OCH3 is 1. The number of carbonyl (C=O) groups excluding carboxylic acids is 2. The van der Waals surface area contributed by atoms with Gasteiger partial charge in [0.25, 0.3) is 5.91 Å². The third-order valence-electron chi connectivity index (χ3n) is 4.51. The van der Waals surface area contributed by atoms with E-state index in [1.165, 1.54) is 7.11 Å². The third-order valence-corrected chi connectivity index (χ3v) is 4.51. The fraction of sp³-hybridized carbons (Fsp3) is 0.300. The highest BCUT2D eigenvalue weighted by Gasteiger charge is 2.28. The Morgan fingerprint density at radius 1 is 1.16 bits per heavy atom. The van der Waals surface area contributed by atoms with Crippen molar-refractivity contribution in [3.8, 4) is 0 Å². The normalized spacial score (nSPS) is 12.9. The first kappa shape index (κ1) is 17.0. The molecule has 5 nitrogen and oxygen atoms in total. The summed E-state index contributed by atoms with van der Waals surface area (Å²) in [6.07, 6.45) is 0.991. The number of esters is 1. The zero-order valence-corrected chi connectivity index (χ0v) is 14.8. The summed E-state index contributed by atoms with van der Waals surface area (Å²) >= 11 is 0. The maximum atomic E-state index is 12.8. The van der Waals surface area contributed by atoms with Gasteiger partial charge in [0.1, 0.15) is 0 Å². The van der Waals surface area contributed by atoms with Gasteiger partial charge in [-0.15, -0.1) is 0 Å². The van der Waals surface area contributed by atoms with E-state index >= 15 is 0 Å². The number of hydrogen-bond acceptors (Lipinski definition) is 4. The minimum absolute atomic E-state index is 0.0287. The summed E-state index contributed by atoms with van der Waals surface area (Å²) in [5, 5.41) is 0. The molecule has 0 N–H and O–H groups in total. The predicted molar refractivity (Wildman–Crippen MR) is 98.1 cm³/mol. The summed E-state index contributed by atoms with van der Waals surface area (Å²) < 4.78 is 4.66. The van der Waals surface area contributed by atoms with Crippen LogP contribution in [0, 0.1) is 0 Å². The number of benzene rings is 2. The molecule has 2 aromatic carbocycles. The molecular weight excluding hydrogens is 316 g/mol. The first-order valence-electron chi connectivity index (χ1n) is 8.27. The lowest BCUT2D eigenvalue weighted by Crippen LogP contribution is -2.23. The molecule has 130 valence electrons. The average molecular weight is 338 g/mol. The maximum Gasteiger partial charge on any atom is 0.305 e. The van der Waals surface area contributed by atoms with Crippen LogP contribution in [0.15, 0.2) is 42.5 Å². The van der Waals surface area contributed by atoms with Crippen LogP contribution in [-0.2, 0) is 22.5 Å². The van der Waals surface area contributed by atoms with Gasteiger partial charge in [-0.2, -0.15) is 0 Å². The molecule has 0 saturated carbocycles. The molecular formula is C20H22N2O3. The maximum absolute atomic E-state index is 12.8. The first-order valence-corrected chi connectivity index (χ1v) is 8.27. The molecule has 3 rings (SSSR count). The number of nitrogens with zero attached hydrogens (tertiary/aromatic N) is 2. The molecule has 1 aliphatic heterocycles. The van der Waals surface area contributed by atoms with Crippen molar-refractivity contribution >= 4 is 23.3 Å². The topological polar surface area (TPSA) is 49.9 Å². The highest BCUT2D eigenvalue weighted by molar-refractivity contribution is 6.10. The number of anilines is 2. The first-order chi connectivity index (χ1) is 12.0. The summed E-state index contributed by atoms with van der Waals surface area (Å²) in [5.41, 5.74) is 4.75. The van der Waals surface area contributed by atoms with Crippen LogP contribution in [-0.4, -0.2) is 33.1 Å². The van der Waals surface area contributed by atoms with E-state index in [2.05, 4.69) is 4.74 Å². The van der Waals surface area contributed by atoms with Crippen molar-refractivity contribution in [2.45, 2.75) is 19.4 Å².